The lowest BCUT2D eigenvalue weighted by molar-refractivity contribution is -0.137. The second kappa shape index (κ2) is 9.65. The van der Waals surface area contributed by atoms with E-state index in [-0.39, 0.29) is 42.3 Å². The van der Waals surface area contributed by atoms with E-state index in [2.05, 4.69) is 20.3 Å². The van der Waals surface area contributed by atoms with E-state index in [9.17, 15) is 26.0 Å². The molecule has 36 heavy (non-hydrogen) atoms. The van der Waals surface area contributed by atoms with Crippen LogP contribution in [0.1, 0.15) is 24.2 Å². The Morgan fingerprint density at radius 1 is 1.17 bits per heavy atom. The van der Waals surface area contributed by atoms with Gasteiger partial charge in [-0.3, -0.25) is 0 Å². The first kappa shape index (κ1) is 25.8. The molecule has 1 aromatic carbocycles. The van der Waals surface area contributed by atoms with Crippen molar-refractivity contribution in [2.24, 2.45) is 0 Å². The number of aryl methyl sites for hydroxylation is 1. The average molecular weight is 529 g/mol. The molecule has 1 aliphatic heterocycles. The number of rotatable bonds is 6. The number of halogens is 4. The molecule has 1 N–H and O–H groups in total. The van der Waals surface area contributed by atoms with E-state index in [1.807, 2.05) is 0 Å². The normalized spacial score (nSPS) is 15.8. The zero-order chi connectivity index (χ0) is 26.3. The highest BCUT2D eigenvalue weighted by atomic mass is 32.2. The number of benzene rings is 1. The Morgan fingerprint density at radius 2 is 1.86 bits per heavy atom. The molecule has 1 aliphatic rings. The highest BCUT2D eigenvalue weighted by molar-refractivity contribution is 7.88. The third-order valence-electron chi connectivity index (χ3n) is 5.89. The zero-order valence-electron chi connectivity index (χ0n) is 19.7. The monoisotopic (exact) mass is 528 g/mol. The molecule has 4 rings (SSSR count). The second-order valence-corrected chi connectivity index (χ2v) is 10.4. The van der Waals surface area contributed by atoms with Gasteiger partial charge in [-0.05, 0) is 31.9 Å². The Bertz CT molecular complexity index is 1370. The summed E-state index contributed by atoms with van der Waals surface area (Å²) >= 11 is 0. The molecule has 3 heterocycles. The van der Waals surface area contributed by atoms with Crippen LogP contribution in [0.2, 0.25) is 0 Å². The maximum atomic E-state index is 14.6. The van der Waals surface area contributed by atoms with Gasteiger partial charge in [0.15, 0.2) is 5.82 Å². The van der Waals surface area contributed by atoms with Crippen molar-refractivity contribution < 1.29 is 30.7 Å². The summed E-state index contributed by atoms with van der Waals surface area (Å²) in [4.78, 5) is 12.2. The standard InChI is InChI=1S/C22H24F4N6O3S/c1-13-28-18(12-32(13)19-5-4-15(35-2)10-17(19)23)20-16(22(24,25)26)11-27-21(30-20)29-14-6-8-31(9-7-14)36(3,33)34/h4-5,10-12,14H,6-9H2,1-3H3,(H,27,29,30). The van der Waals surface area contributed by atoms with Gasteiger partial charge in [-0.2, -0.15) is 13.2 Å². The lowest BCUT2D eigenvalue weighted by Crippen LogP contribution is -2.42. The number of nitrogens with zero attached hydrogens (tertiary/aromatic N) is 5. The van der Waals surface area contributed by atoms with Crippen LogP contribution in [0.3, 0.4) is 0 Å². The zero-order valence-corrected chi connectivity index (χ0v) is 20.5. The molecule has 0 aliphatic carbocycles. The molecule has 1 fully saturated rings. The number of hydrogen-bond acceptors (Lipinski definition) is 7. The summed E-state index contributed by atoms with van der Waals surface area (Å²) in [5, 5.41) is 3.00. The van der Waals surface area contributed by atoms with Gasteiger partial charge in [-0.25, -0.2) is 32.1 Å². The summed E-state index contributed by atoms with van der Waals surface area (Å²) in [6.07, 6.45) is -0.776. The van der Waals surface area contributed by atoms with Crippen molar-refractivity contribution in [2.75, 3.05) is 31.8 Å². The van der Waals surface area contributed by atoms with Crippen LogP contribution in [-0.2, 0) is 16.2 Å². The van der Waals surface area contributed by atoms with Gasteiger partial charge in [0.05, 0.1) is 19.1 Å². The van der Waals surface area contributed by atoms with E-state index in [0.717, 1.165) is 12.3 Å². The number of hydrogen-bond donors (Lipinski definition) is 1. The van der Waals surface area contributed by atoms with Gasteiger partial charge in [-0.15, -0.1) is 0 Å². The first-order valence-corrected chi connectivity index (χ1v) is 12.8. The molecule has 1 saturated heterocycles. The number of sulfonamides is 1. The summed E-state index contributed by atoms with van der Waals surface area (Å²) in [5.74, 6) is -0.132. The van der Waals surface area contributed by atoms with Crippen molar-refractivity contribution in [3.05, 3.63) is 47.8 Å². The summed E-state index contributed by atoms with van der Waals surface area (Å²) in [7, 11) is -1.92. The van der Waals surface area contributed by atoms with Crippen LogP contribution in [0.15, 0.2) is 30.6 Å². The van der Waals surface area contributed by atoms with Gasteiger partial charge in [-0.1, -0.05) is 0 Å². The molecule has 0 spiro atoms. The molecule has 0 amide bonds. The molecule has 194 valence electrons. The molecule has 0 atom stereocenters. The molecule has 2 aromatic heterocycles. The molecule has 0 unspecified atom stereocenters. The summed E-state index contributed by atoms with van der Waals surface area (Å²) in [5.41, 5.74) is -1.55. The van der Waals surface area contributed by atoms with E-state index in [4.69, 9.17) is 4.74 Å². The third kappa shape index (κ3) is 5.43. The van der Waals surface area contributed by atoms with Gasteiger partial charge in [0.1, 0.15) is 28.5 Å². The minimum absolute atomic E-state index is 0.0429. The van der Waals surface area contributed by atoms with Gasteiger partial charge < -0.3 is 14.6 Å². The Balaban J connectivity index is 1.66. The fourth-order valence-electron chi connectivity index (χ4n) is 4.01. The largest absolute Gasteiger partial charge is 0.497 e. The van der Waals surface area contributed by atoms with E-state index >= 15 is 0 Å². The Labute approximate surface area is 205 Å². The first-order chi connectivity index (χ1) is 16.9. The minimum atomic E-state index is -4.75. The smallest absolute Gasteiger partial charge is 0.420 e. The highest BCUT2D eigenvalue weighted by Crippen LogP contribution is 2.36. The molecule has 0 bridgehead atoms. The van der Waals surface area contributed by atoms with Crippen molar-refractivity contribution in [3.63, 3.8) is 0 Å². The van der Waals surface area contributed by atoms with Gasteiger partial charge >= 0.3 is 6.18 Å². The van der Waals surface area contributed by atoms with E-state index in [1.54, 1.807) is 0 Å². The van der Waals surface area contributed by atoms with E-state index in [1.165, 1.54) is 41.2 Å². The van der Waals surface area contributed by atoms with Crippen molar-refractivity contribution in [3.8, 4) is 22.8 Å². The van der Waals surface area contributed by atoms with Gasteiger partial charge in [0.25, 0.3) is 0 Å². The van der Waals surface area contributed by atoms with Crippen LogP contribution in [-0.4, -0.2) is 64.7 Å². The van der Waals surface area contributed by atoms with Crippen LogP contribution >= 0.6 is 0 Å². The third-order valence-corrected chi connectivity index (χ3v) is 7.19. The molecule has 0 radical (unpaired) electrons. The Hall–Kier alpha value is -3.26. The van der Waals surface area contributed by atoms with Crippen LogP contribution in [0.5, 0.6) is 5.75 Å². The van der Waals surface area contributed by atoms with E-state index < -0.39 is 33.3 Å². The fraction of sp³-hybridized carbons (Fsp3) is 0.409. The number of nitrogens with one attached hydrogen (secondary N) is 1. The molecule has 14 heteroatoms. The maximum Gasteiger partial charge on any atom is 0.420 e. The Morgan fingerprint density at radius 3 is 2.44 bits per heavy atom. The van der Waals surface area contributed by atoms with Gasteiger partial charge in [0.2, 0.25) is 16.0 Å². The predicted molar refractivity (Wildman–Crippen MR) is 124 cm³/mol. The lowest BCUT2D eigenvalue weighted by atomic mass is 10.1. The summed E-state index contributed by atoms with van der Waals surface area (Å²) in [6, 6.07) is 3.91. The van der Waals surface area contributed by atoms with Crippen LogP contribution in [0, 0.1) is 12.7 Å². The van der Waals surface area contributed by atoms with Crippen molar-refractivity contribution >= 4 is 16.0 Å². The SMILES string of the molecule is COc1ccc(-n2cc(-c3nc(NC4CCN(S(C)(=O)=O)CC4)ncc3C(F)(F)F)nc2C)c(F)c1. The molecule has 3 aromatic rings. The number of anilines is 1. The fourth-order valence-corrected chi connectivity index (χ4v) is 4.88. The number of ether oxygens (including phenoxy) is 1. The maximum absolute atomic E-state index is 14.6. The number of piperidine rings is 1. The number of aromatic nitrogens is 4. The number of methoxy groups -OCH3 is 1. The van der Waals surface area contributed by atoms with Crippen molar-refractivity contribution in [2.45, 2.75) is 32.0 Å². The topological polar surface area (TPSA) is 102 Å². The predicted octanol–water partition coefficient (Wildman–Crippen LogP) is 3.64. The summed E-state index contributed by atoms with van der Waals surface area (Å²) < 4.78 is 87.1. The van der Waals surface area contributed by atoms with E-state index in [0.29, 0.717) is 24.8 Å². The summed E-state index contributed by atoms with van der Waals surface area (Å²) in [6.45, 7) is 2.10. The van der Waals surface area contributed by atoms with Crippen molar-refractivity contribution in [1.29, 1.82) is 0 Å². The first-order valence-electron chi connectivity index (χ1n) is 10.9. The van der Waals surface area contributed by atoms with Crippen LogP contribution in [0.4, 0.5) is 23.5 Å². The van der Waals surface area contributed by atoms with Crippen LogP contribution in [0.25, 0.3) is 17.1 Å². The number of imidazole rings is 1. The Kier molecular flexibility index (Phi) is 6.92. The molecular weight excluding hydrogens is 504 g/mol. The quantitative estimate of drug-likeness (QED) is 0.488. The highest BCUT2D eigenvalue weighted by Gasteiger charge is 2.36. The lowest BCUT2D eigenvalue weighted by Gasteiger charge is -2.30. The molecule has 0 saturated carbocycles. The molecule has 9 nitrogen and oxygen atoms in total. The average Bonchev–Trinajstić information content (AvgIpc) is 3.19. The van der Waals surface area contributed by atoms with Crippen LogP contribution < -0.4 is 10.1 Å². The number of alkyl halides is 3. The van der Waals surface area contributed by atoms with Crippen molar-refractivity contribution in [1.82, 2.24) is 23.8 Å². The van der Waals surface area contributed by atoms with Gasteiger partial charge in [0, 0.05) is 37.6 Å². The minimum Gasteiger partial charge on any atom is -0.497 e. The molecular formula is C22H24F4N6O3S. The second-order valence-electron chi connectivity index (χ2n) is 8.40.